The van der Waals surface area contributed by atoms with E-state index in [1.807, 2.05) is 31.2 Å². The van der Waals surface area contributed by atoms with Crippen molar-refractivity contribution < 1.29 is 9.59 Å². The number of Topliss-reactive ketones (excluding diaryl/α,β-unsaturated/α-hetero) is 2. The van der Waals surface area contributed by atoms with Crippen molar-refractivity contribution in [2.24, 2.45) is 0 Å². The molecule has 0 heterocycles. The average Bonchev–Trinajstić information content (AvgIpc) is 2.67. The second-order valence-corrected chi connectivity index (χ2v) is 6.97. The molecule has 0 atom stereocenters. The van der Waals surface area contributed by atoms with Crippen molar-refractivity contribution in [2.75, 3.05) is 0 Å². The molecule has 0 bridgehead atoms. The molecule has 2 nitrogen and oxygen atoms in total. The van der Waals surface area contributed by atoms with Crippen molar-refractivity contribution in [3.05, 3.63) is 59.7 Å². The third kappa shape index (κ3) is 6.25. The van der Waals surface area contributed by atoms with Gasteiger partial charge in [-0.1, -0.05) is 81.6 Å². The molecule has 0 aliphatic rings. The fraction of sp³-hybridized carbons (Fsp3) is 0.417. The Hall–Kier alpha value is -2.22. The first kappa shape index (κ1) is 20.1. The van der Waals surface area contributed by atoms with Crippen LogP contribution in [0.1, 0.15) is 74.7 Å². The quantitative estimate of drug-likeness (QED) is 0.266. The minimum absolute atomic E-state index is 0.0196. The maximum atomic E-state index is 12.2. The molecule has 0 aliphatic heterocycles. The number of carbonyl (C=O) groups is 2. The monoisotopic (exact) mass is 350 g/mol. The van der Waals surface area contributed by atoms with Crippen LogP contribution in [0.3, 0.4) is 0 Å². The van der Waals surface area contributed by atoms with Gasteiger partial charge in [0.05, 0.1) is 6.42 Å². The Bertz CT molecular complexity index is 696. The SMILES string of the molecule is CCCCCc1ccc(-c2ccc(C(=O)CC(=O)CCCC)cc2)cc1. The Morgan fingerprint density at radius 3 is 1.88 bits per heavy atom. The number of hydrogen-bond donors (Lipinski definition) is 0. The molecule has 2 rings (SSSR count). The normalized spacial score (nSPS) is 10.7. The van der Waals surface area contributed by atoms with Gasteiger partial charge in [-0.3, -0.25) is 9.59 Å². The van der Waals surface area contributed by atoms with E-state index in [0.717, 1.165) is 30.4 Å². The van der Waals surface area contributed by atoms with E-state index in [9.17, 15) is 9.59 Å². The van der Waals surface area contributed by atoms with Gasteiger partial charge >= 0.3 is 0 Å². The van der Waals surface area contributed by atoms with Gasteiger partial charge in [0.1, 0.15) is 5.78 Å². The number of rotatable bonds is 11. The molecule has 2 heteroatoms. The lowest BCUT2D eigenvalue weighted by molar-refractivity contribution is -0.118. The van der Waals surface area contributed by atoms with E-state index in [-0.39, 0.29) is 18.0 Å². The Balaban J connectivity index is 1.96. The van der Waals surface area contributed by atoms with Crippen LogP contribution in [0.15, 0.2) is 48.5 Å². The van der Waals surface area contributed by atoms with Gasteiger partial charge in [-0.05, 0) is 36.0 Å². The summed E-state index contributed by atoms with van der Waals surface area (Å²) in [6.45, 7) is 4.27. The fourth-order valence-electron chi connectivity index (χ4n) is 3.04. The van der Waals surface area contributed by atoms with Crippen molar-refractivity contribution in [1.29, 1.82) is 0 Å². The Labute approximate surface area is 157 Å². The Kier molecular flexibility index (Phi) is 8.27. The highest BCUT2D eigenvalue weighted by molar-refractivity contribution is 6.08. The summed E-state index contributed by atoms with van der Waals surface area (Å²) in [5.41, 5.74) is 4.25. The van der Waals surface area contributed by atoms with Crippen molar-refractivity contribution in [3.8, 4) is 11.1 Å². The van der Waals surface area contributed by atoms with Crippen LogP contribution in [0.2, 0.25) is 0 Å². The summed E-state index contributed by atoms with van der Waals surface area (Å²) < 4.78 is 0. The first-order valence-electron chi connectivity index (χ1n) is 9.88. The van der Waals surface area contributed by atoms with Crippen LogP contribution < -0.4 is 0 Å². The van der Waals surface area contributed by atoms with Crippen molar-refractivity contribution in [1.82, 2.24) is 0 Å². The molecule has 0 aliphatic carbocycles. The molecule has 138 valence electrons. The third-order valence-corrected chi connectivity index (χ3v) is 4.73. The highest BCUT2D eigenvalue weighted by atomic mass is 16.1. The molecule has 0 N–H and O–H groups in total. The Morgan fingerprint density at radius 2 is 1.31 bits per heavy atom. The molecule has 0 aromatic heterocycles. The summed E-state index contributed by atoms with van der Waals surface area (Å²) in [5, 5.41) is 0. The molecule has 0 saturated carbocycles. The molecule has 0 spiro atoms. The Morgan fingerprint density at radius 1 is 0.731 bits per heavy atom. The lowest BCUT2D eigenvalue weighted by Crippen LogP contribution is -2.07. The maximum Gasteiger partial charge on any atom is 0.170 e. The molecule has 0 radical (unpaired) electrons. The van der Waals surface area contributed by atoms with Gasteiger partial charge in [-0.2, -0.15) is 0 Å². The second kappa shape index (κ2) is 10.7. The van der Waals surface area contributed by atoms with Crippen LogP contribution in [0.25, 0.3) is 11.1 Å². The highest BCUT2D eigenvalue weighted by Crippen LogP contribution is 2.21. The van der Waals surface area contributed by atoms with Crippen molar-refractivity contribution in [2.45, 2.75) is 65.2 Å². The van der Waals surface area contributed by atoms with Gasteiger partial charge in [0.25, 0.3) is 0 Å². The largest absolute Gasteiger partial charge is 0.299 e. The lowest BCUT2D eigenvalue weighted by atomic mass is 9.98. The van der Waals surface area contributed by atoms with Gasteiger partial charge in [-0.25, -0.2) is 0 Å². The number of hydrogen-bond acceptors (Lipinski definition) is 2. The second-order valence-electron chi connectivity index (χ2n) is 6.97. The molecule has 0 amide bonds. The summed E-state index contributed by atoms with van der Waals surface area (Å²) in [7, 11) is 0. The van der Waals surface area contributed by atoms with Gasteiger partial charge in [0.15, 0.2) is 5.78 Å². The summed E-state index contributed by atoms with van der Waals surface area (Å²) in [4.78, 5) is 24.0. The molecule has 0 fully saturated rings. The number of aryl methyl sites for hydroxylation is 1. The molecular formula is C24H30O2. The van der Waals surface area contributed by atoms with E-state index in [1.54, 1.807) is 0 Å². The van der Waals surface area contributed by atoms with Crippen LogP contribution >= 0.6 is 0 Å². The first-order valence-corrected chi connectivity index (χ1v) is 9.88. The van der Waals surface area contributed by atoms with Crippen LogP contribution in [-0.4, -0.2) is 11.6 Å². The maximum absolute atomic E-state index is 12.2. The minimum Gasteiger partial charge on any atom is -0.299 e. The summed E-state index contributed by atoms with van der Waals surface area (Å²) >= 11 is 0. The zero-order chi connectivity index (χ0) is 18.8. The third-order valence-electron chi connectivity index (χ3n) is 4.73. The highest BCUT2D eigenvalue weighted by Gasteiger charge is 2.11. The van der Waals surface area contributed by atoms with E-state index < -0.39 is 0 Å². The zero-order valence-electron chi connectivity index (χ0n) is 16.1. The van der Waals surface area contributed by atoms with E-state index in [4.69, 9.17) is 0 Å². The molecular weight excluding hydrogens is 320 g/mol. The smallest absolute Gasteiger partial charge is 0.170 e. The number of carbonyl (C=O) groups excluding carboxylic acids is 2. The minimum atomic E-state index is -0.0797. The predicted molar refractivity (Wildman–Crippen MR) is 109 cm³/mol. The average molecular weight is 351 g/mol. The van der Waals surface area contributed by atoms with Crippen LogP contribution in [0, 0.1) is 0 Å². The molecule has 2 aromatic carbocycles. The van der Waals surface area contributed by atoms with Crippen LogP contribution in [-0.2, 0) is 11.2 Å². The summed E-state index contributed by atoms with van der Waals surface area (Å²) in [5.74, 6) is -0.0384. The lowest BCUT2D eigenvalue weighted by Gasteiger charge is -2.06. The predicted octanol–water partition coefficient (Wildman–Crippen LogP) is 6.42. The standard InChI is InChI=1S/C24H30O2/c1-3-5-7-8-19-10-12-20(13-11-19)21-14-16-22(17-15-21)24(26)18-23(25)9-6-4-2/h10-17H,3-9,18H2,1-2H3. The van der Waals surface area contributed by atoms with Gasteiger partial charge in [0, 0.05) is 12.0 Å². The molecule has 26 heavy (non-hydrogen) atoms. The van der Waals surface area contributed by atoms with Crippen molar-refractivity contribution >= 4 is 11.6 Å². The van der Waals surface area contributed by atoms with Gasteiger partial charge in [-0.15, -0.1) is 0 Å². The van der Waals surface area contributed by atoms with Gasteiger partial charge < -0.3 is 0 Å². The van der Waals surface area contributed by atoms with E-state index in [0.29, 0.717) is 12.0 Å². The van der Waals surface area contributed by atoms with E-state index in [2.05, 4.69) is 31.2 Å². The number of unbranched alkanes of at least 4 members (excludes halogenated alkanes) is 3. The van der Waals surface area contributed by atoms with Gasteiger partial charge in [0.2, 0.25) is 0 Å². The van der Waals surface area contributed by atoms with E-state index in [1.165, 1.54) is 24.8 Å². The summed E-state index contributed by atoms with van der Waals surface area (Å²) in [6, 6.07) is 16.3. The van der Waals surface area contributed by atoms with Crippen LogP contribution in [0.4, 0.5) is 0 Å². The molecule has 2 aromatic rings. The van der Waals surface area contributed by atoms with Crippen LogP contribution in [0.5, 0.6) is 0 Å². The fourth-order valence-corrected chi connectivity index (χ4v) is 3.04. The number of benzene rings is 2. The number of ketones is 2. The topological polar surface area (TPSA) is 34.1 Å². The van der Waals surface area contributed by atoms with E-state index >= 15 is 0 Å². The zero-order valence-corrected chi connectivity index (χ0v) is 16.1. The molecule has 0 saturated heterocycles. The van der Waals surface area contributed by atoms with Crippen molar-refractivity contribution in [3.63, 3.8) is 0 Å². The molecule has 0 unspecified atom stereocenters. The summed E-state index contributed by atoms with van der Waals surface area (Å²) in [6.07, 6.45) is 7.25. The first-order chi connectivity index (χ1) is 12.6.